The molecule has 0 bridgehead atoms. The highest BCUT2D eigenvalue weighted by molar-refractivity contribution is 8.00. The third-order valence-electron chi connectivity index (χ3n) is 4.62. The number of fused-ring (bicyclic) bond motifs is 1. The number of thioether (sulfide) groups is 2. The monoisotopic (exact) mass is 394 g/mol. The van der Waals surface area contributed by atoms with Crippen LogP contribution in [0.15, 0.2) is 5.03 Å². The Balaban J connectivity index is 2.06. The minimum absolute atomic E-state index is 0.0898. The Morgan fingerprint density at radius 2 is 2.15 bits per heavy atom. The van der Waals surface area contributed by atoms with Crippen molar-refractivity contribution in [1.29, 1.82) is 5.26 Å². The molecule has 1 N–H and O–H groups in total. The number of aromatic nitrogens is 1. The standard InChI is InChI=1S/C18H23N3O3S2/c1-18(2)8-12-13(9-19)17(25-11-15(22)23-3)20-16(14(12)10-26-18)21-4-6-24-7-5-21/h4-8,10-11H2,1-3H3/p+1. The number of morpholine rings is 1. The van der Waals surface area contributed by atoms with Crippen molar-refractivity contribution in [1.82, 2.24) is 0 Å². The Morgan fingerprint density at radius 3 is 2.81 bits per heavy atom. The predicted octanol–water partition coefficient (Wildman–Crippen LogP) is 2.04. The number of nitrogens with zero attached hydrogens (tertiary/aromatic N) is 2. The van der Waals surface area contributed by atoms with Gasteiger partial charge in [-0.25, -0.2) is 4.98 Å². The molecule has 2 aliphatic rings. The van der Waals surface area contributed by atoms with E-state index in [1.807, 2.05) is 11.8 Å². The van der Waals surface area contributed by atoms with E-state index in [-0.39, 0.29) is 16.5 Å². The molecule has 2 aliphatic heterocycles. The van der Waals surface area contributed by atoms with Crippen LogP contribution in [-0.4, -0.2) is 49.9 Å². The molecule has 26 heavy (non-hydrogen) atoms. The second-order valence-corrected chi connectivity index (χ2v) is 9.60. The topological polar surface area (TPSA) is 76.7 Å². The van der Waals surface area contributed by atoms with Gasteiger partial charge >= 0.3 is 5.97 Å². The van der Waals surface area contributed by atoms with Crippen LogP contribution < -0.4 is 9.88 Å². The Hall–Kier alpha value is -1.43. The summed E-state index contributed by atoms with van der Waals surface area (Å²) >= 11 is 3.26. The molecular formula is C18H24N3O3S2+. The molecule has 0 amide bonds. The molecule has 0 atom stereocenters. The number of nitrogens with one attached hydrogen (secondary N) is 1. The minimum Gasteiger partial charge on any atom is -0.468 e. The van der Waals surface area contributed by atoms with Gasteiger partial charge in [0.05, 0.1) is 31.6 Å². The number of hydrogen-bond donors (Lipinski definition) is 0. The number of aromatic amines is 1. The normalized spacial score (nSPS) is 18.8. The summed E-state index contributed by atoms with van der Waals surface area (Å²) in [6.07, 6.45) is 0.841. The largest absolute Gasteiger partial charge is 0.468 e. The van der Waals surface area contributed by atoms with Crippen LogP contribution in [0.1, 0.15) is 30.5 Å². The first-order chi connectivity index (χ1) is 12.4. The van der Waals surface area contributed by atoms with Crippen molar-refractivity contribution < 1.29 is 19.3 Å². The van der Waals surface area contributed by atoms with E-state index in [1.54, 1.807) is 0 Å². The number of rotatable bonds is 4. The lowest BCUT2D eigenvalue weighted by molar-refractivity contribution is -0.414. The van der Waals surface area contributed by atoms with E-state index in [9.17, 15) is 10.1 Å². The lowest BCUT2D eigenvalue weighted by Gasteiger charge is -2.33. The summed E-state index contributed by atoms with van der Waals surface area (Å²) in [5, 5.41) is 10.6. The molecule has 0 radical (unpaired) electrons. The molecule has 0 spiro atoms. The number of anilines is 1. The van der Waals surface area contributed by atoms with Crippen LogP contribution >= 0.6 is 23.5 Å². The van der Waals surface area contributed by atoms with Gasteiger partial charge in [0.1, 0.15) is 24.7 Å². The lowest BCUT2D eigenvalue weighted by atomic mass is 9.94. The van der Waals surface area contributed by atoms with E-state index in [4.69, 9.17) is 9.47 Å². The third kappa shape index (κ3) is 4.11. The minimum atomic E-state index is -0.297. The molecular weight excluding hydrogens is 370 g/mol. The van der Waals surface area contributed by atoms with Gasteiger partial charge in [0, 0.05) is 10.5 Å². The number of H-pyrrole nitrogens is 1. The van der Waals surface area contributed by atoms with Crippen LogP contribution in [0.25, 0.3) is 0 Å². The Morgan fingerprint density at radius 1 is 1.42 bits per heavy atom. The highest BCUT2D eigenvalue weighted by Gasteiger charge is 2.36. The summed E-state index contributed by atoms with van der Waals surface area (Å²) in [6.45, 7) is 7.48. The van der Waals surface area contributed by atoms with Crippen molar-refractivity contribution in [3.8, 4) is 6.07 Å². The van der Waals surface area contributed by atoms with Crippen LogP contribution in [0.2, 0.25) is 0 Å². The van der Waals surface area contributed by atoms with Crippen LogP contribution in [0, 0.1) is 11.3 Å². The Labute approximate surface area is 162 Å². The van der Waals surface area contributed by atoms with Gasteiger partial charge in [-0.2, -0.15) is 17.0 Å². The van der Waals surface area contributed by atoms with E-state index < -0.39 is 0 Å². The predicted molar refractivity (Wildman–Crippen MR) is 103 cm³/mol. The average molecular weight is 395 g/mol. The maximum Gasteiger partial charge on any atom is 0.316 e. The number of hydrogen-bond acceptors (Lipinski definition) is 7. The summed E-state index contributed by atoms with van der Waals surface area (Å²) in [6, 6.07) is 2.38. The van der Waals surface area contributed by atoms with Gasteiger partial charge in [0.2, 0.25) is 0 Å². The highest BCUT2D eigenvalue weighted by Crippen LogP contribution is 2.43. The highest BCUT2D eigenvalue weighted by atomic mass is 32.2. The van der Waals surface area contributed by atoms with Crippen molar-refractivity contribution in [2.24, 2.45) is 0 Å². The van der Waals surface area contributed by atoms with Crippen LogP contribution in [0.4, 0.5) is 5.82 Å². The number of nitriles is 1. The Kier molecular flexibility index (Phi) is 6.00. The molecule has 1 aromatic rings. The number of carbonyl (C=O) groups is 1. The zero-order chi connectivity index (χ0) is 18.7. The van der Waals surface area contributed by atoms with Gasteiger partial charge < -0.3 is 9.47 Å². The molecule has 1 saturated heterocycles. The molecule has 0 aliphatic carbocycles. The number of pyridine rings is 1. The van der Waals surface area contributed by atoms with Crippen LogP contribution in [0.5, 0.6) is 0 Å². The van der Waals surface area contributed by atoms with Crippen molar-refractivity contribution in [2.75, 3.05) is 44.1 Å². The number of esters is 1. The molecule has 0 saturated carbocycles. The molecule has 6 nitrogen and oxygen atoms in total. The number of methoxy groups -OCH3 is 1. The fraction of sp³-hybridized carbons (Fsp3) is 0.611. The van der Waals surface area contributed by atoms with E-state index in [1.165, 1.54) is 24.4 Å². The van der Waals surface area contributed by atoms with Crippen LogP contribution in [0.3, 0.4) is 0 Å². The first kappa shape index (κ1) is 19.3. The van der Waals surface area contributed by atoms with Gasteiger partial charge in [0.25, 0.3) is 5.82 Å². The summed E-state index contributed by atoms with van der Waals surface area (Å²) < 4.78 is 10.3. The van der Waals surface area contributed by atoms with E-state index in [0.29, 0.717) is 18.8 Å². The smallest absolute Gasteiger partial charge is 0.316 e. The van der Waals surface area contributed by atoms with Crippen molar-refractivity contribution in [3.63, 3.8) is 0 Å². The van der Waals surface area contributed by atoms with Gasteiger partial charge in [-0.15, -0.1) is 0 Å². The lowest BCUT2D eigenvalue weighted by Crippen LogP contribution is -2.42. The molecule has 3 rings (SSSR count). The second-order valence-electron chi connectivity index (χ2n) is 6.94. The maximum atomic E-state index is 11.6. The molecule has 0 aromatic carbocycles. The summed E-state index contributed by atoms with van der Waals surface area (Å²) in [5.74, 6) is 1.83. The quantitative estimate of drug-likeness (QED) is 0.571. The number of carbonyl (C=O) groups excluding carboxylic acids is 1. The van der Waals surface area contributed by atoms with Crippen molar-refractivity contribution >= 4 is 35.3 Å². The summed E-state index contributed by atoms with van der Waals surface area (Å²) in [5.41, 5.74) is 3.00. The van der Waals surface area contributed by atoms with E-state index >= 15 is 0 Å². The van der Waals surface area contributed by atoms with Gasteiger partial charge in [0.15, 0.2) is 5.03 Å². The molecule has 8 heteroatoms. The van der Waals surface area contributed by atoms with Crippen LogP contribution in [-0.2, 0) is 26.4 Å². The first-order valence-corrected chi connectivity index (χ1v) is 10.6. The zero-order valence-corrected chi connectivity index (χ0v) is 17.0. The maximum absolute atomic E-state index is 11.6. The second kappa shape index (κ2) is 8.07. The molecule has 1 aromatic heterocycles. The molecule has 1 fully saturated rings. The molecule has 0 unspecified atom stereocenters. The first-order valence-electron chi connectivity index (χ1n) is 8.62. The van der Waals surface area contributed by atoms with Crippen molar-refractivity contribution in [2.45, 2.75) is 35.8 Å². The van der Waals surface area contributed by atoms with E-state index in [0.717, 1.165) is 41.7 Å². The molecule has 140 valence electrons. The fourth-order valence-corrected chi connectivity index (χ4v) is 5.20. The third-order valence-corrected chi connectivity index (χ3v) is 6.96. The number of ether oxygens (including phenoxy) is 2. The molecule has 3 heterocycles. The fourth-order valence-electron chi connectivity index (χ4n) is 3.24. The van der Waals surface area contributed by atoms with Gasteiger partial charge in [-0.3, -0.25) is 9.69 Å². The zero-order valence-electron chi connectivity index (χ0n) is 15.4. The summed E-state index contributed by atoms with van der Waals surface area (Å²) in [4.78, 5) is 17.3. The Bertz CT molecular complexity index is 740. The van der Waals surface area contributed by atoms with Crippen molar-refractivity contribution in [3.05, 3.63) is 16.7 Å². The average Bonchev–Trinajstić information content (AvgIpc) is 2.64. The van der Waals surface area contributed by atoms with E-state index in [2.05, 4.69) is 29.8 Å². The van der Waals surface area contributed by atoms with Gasteiger partial charge in [-0.05, 0) is 12.0 Å². The summed E-state index contributed by atoms with van der Waals surface area (Å²) in [7, 11) is 1.38. The van der Waals surface area contributed by atoms with Gasteiger partial charge in [-0.1, -0.05) is 25.6 Å². The SMILES string of the molecule is COC(=O)CSc1[nH+]c(N2CCOCC2)c2c(c1C#N)CC(C)(C)SC2.